The van der Waals surface area contributed by atoms with Gasteiger partial charge in [0.05, 0.1) is 16.0 Å². The third-order valence-electron chi connectivity index (χ3n) is 3.99. The number of nitro benzene ring substituents is 1. The Morgan fingerprint density at radius 3 is 2.40 bits per heavy atom. The molecule has 5 nitrogen and oxygen atoms in total. The highest BCUT2D eigenvalue weighted by Gasteiger charge is 2.21. The van der Waals surface area contributed by atoms with E-state index >= 15 is 0 Å². The highest BCUT2D eigenvalue weighted by Crippen LogP contribution is 2.35. The van der Waals surface area contributed by atoms with Gasteiger partial charge in [-0.2, -0.15) is 0 Å². The van der Waals surface area contributed by atoms with Gasteiger partial charge in [-0.1, -0.05) is 58.4 Å². The van der Waals surface area contributed by atoms with E-state index in [-0.39, 0.29) is 10.6 Å². The van der Waals surface area contributed by atoms with E-state index in [0.717, 1.165) is 21.1 Å². The number of imidazole rings is 1. The van der Waals surface area contributed by atoms with Gasteiger partial charge in [-0.05, 0) is 24.3 Å². The molecule has 0 atom stereocenters. The second-order valence-electron chi connectivity index (χ2n) is 5.49. The first-order chi connectivity index (χ1) is 12.2. The van der Waals surface area contributed by atoms with E-state index < -0.39 is 0 Å². The molecule has 0 spiro atoms. The second kappa shape index (κ2) is 6.14. The smallest absolute Gasteiger partial charge is 0.286 e. The molecule has 0 saturated carbocycles. The number of rotatable bonds is 3. The lowest BCUT2D eigenvalue weighted by Gasteiger charge is -2.11. The van der Waals surface area contributed by atoms with E-state index in [0.29, 0.717) is 11.5 Å². The maximum Gasteiger partial charge on any atom is 0.293 e. The van der Waals surface area contributed by atoms with Gasteiger partial charge in [-0.25, -0.2) is 4.98 Å². The van der Waals surface area contributed by atoms with E-state index in [1.807, 2.05) is 53.1 Å². The summed E-state index contributed by atoms with van der Waals surface area (Å²) < 4.78 is 2.72. The van der Waals surface area contributed by atoms with Crippen LogP contribution in [0.1, 0.15) is 0 Å². The minimum Gasteiger partial charge on any atom is -0.286 e. The van der Waals surface area contributed by atoms with Crippen molar-refractivity contribution in [3.05, 3.63) is 87.4 Å². The molecule has 0 aliphatic carbocycles. The van der Waals surface area contributed by atoms with Crippen LogP contribution >= 0.6 is 15.9 Å². The Morgan fingerprint density at radius 1 is 0.920 bits per heavy atom. The van der Waals surface area contributed by atoms with Crippen LogP contribution in [-0.4, -0.2) is 14.5 Å². The SMILES string of the molecule is O=[N+]([O-])c1ccccc1-n1c(-c2ccccc2Br)nc2ccccc21. The number of nitrogens with zero attached hydrogens (tertiary/aromatic N) is 3. The zero-order valence-electron chi connectivity index (χ0n) is 13.0. The number of hydrogen-bond acceptors (Lipinski definition) is 3. The molecule has 0 amide bonds. The molecule has 0 aliphatic heterocycles. The van der Waals surface area contributed by atoms with Gasteiger partial charge >= 0.3 is 0 Å². The summed E-state index contributed by atoms with van der Waals surface area (Å²) in [6, 6.07) is 22.0. The average Bonchev–Trinajstić information content (AvgIpc) is 3.01. The molecule has 1 heterocycles. The monoisotopic (exact) mass is 393 g/mol. The lowest BCUT2D eigenvalue weighted by Crippen LogP contribution is -2.02. The Kier molecular flexibility index (Phi) is 3.82. The normalized spacial score (nSPS) is 10.9. The van der Waals surface area contributed by atoms with Gasteiger partial charge in [0.25, 0.3) is 5.69 Å². The largest absolute Gasteiger partial charge is 0.293 e. The van der Waals surface area contributed by atoms with Crippen LogP contribution < -0.4 is 0 Å². The highest BCUT2D eigenvalue weighted by molar-refractivity contribution is 9.10. The van der Waals surface area contributed by atoms with E-state index in [1.54, 1.807) is 18.2 Å². The van der Waals surface area contributed by atoms with Crippen molar-refractivity contribution in [2.75, 3.05) is 0 Å². The van der Waals surface area contributed by atoms with Crippen molar-refractivity contribution in [2.45, 2.75) is 0 Å². The number of benzene rings is 3. The van der Waals surface area contributed by atoms with Gasteiger partial charge in [-0.3, -0.25) is 14.7 Å². The quantitative estimate of drug-likeness (QED) is 0.347. The zero-order chi connectivity index (χ0) is 17.4. The number of nitro groups is 1. The summed E-state index contributed by atoms with van der Waals surface area (Å²) in [6.45, 7) is 0. The third-order valence-corrected chi connectivity index (χ3v) is 4.69. The van der Waals surface area contributed by atoms with Crippen LogP contribution in [0.4, 0.5) is 5.69 Å². The van der Waals surface area contributed by atoms with Crippen LogP contribution in [-0.2, 0) is 0 Å². The number of halogens is 1. The second-order valence-corrected chi connectivity index (χ2v) is 6.34. The molecule has 4 aromatic rings. The molecular formula is C19H12BrN3O2. The molecule has 122 valence electrons. The molecule has 1 aromatic heterocycles. The van der Waals surface area contributed by atoms with Crippen molar-refractivity contribution in [3.63, 3.8) is 0 Å². The average molecular weight is 394 g/mol. The fourth-order valence-electron chi connectivity index (χ4n) is 2.90. The van der Waals surface area contributed by atoms with Crippen molar-refractivity contribution in [1.29, 1.82) is 0 Å². The first kappa shape index (κ1) is 15.5. The van der Waals surface area contributed by atoms with Crippen LogP contribution in [0.5, 0.6) is 0 Å². The fourth-order valence-corrected chi connectivity index (χ4v) is 3.36. The molecular weight excluding hydrogens is 382 g/mol. The molecule has 0 N–H and O–H groups in total. The van der Waals surface area contributed by atoms with Crippen LogP contribution in [0.15, 0.2) is 77.3 Å². The summed E-state index contributed by atoms with van der Waals surface area (Å²) in [5.74, 6) is 0.656. The van der Waals surface area contributed by atoms with Gasteiger partial charge < -0.3 is 0 Å². The summed E-state index contributed by atoms with van der Waals surface area (Å²) in [4.78, 5) is 15.9. The van der Waals surface area contributed by atoms with Crippen molar-refractivity contribution >= 4 is 32.7 Å². The van der Waals surface area contributed by atoms with Gasteiger partial charge in [0.15, 0.2) is 0 Å². The predicted molar refractivity (Wildman–Crippen MR) is 101 cm³/mol. The predicted octanol–water partition coefficient (Wildman–Crippen LogP) is 5.36. The number of fused-ring (bicyclic) bond motifs is 1. The number of para-hydroxylation sites is 4. The molecule has 0 aliphatic rings. The van der Waals surface area contributed by atoms with E-state index in [2.05, 4.69) is 15.9 Å². The summed E-state index contributed by atoms with van der Waals surface area (Å²) >= 11 is 3.56. The van der Waals surface area contributed by atoms with Crippen molar-refractivity contribution < 1.29 is 4.92 Å². The lowest BCUT2D eigenvalue weighted by atomic mass is 10.2. The number of hydrogen-bond donors (Lipinski definition) is 0. The first-order valence-corrected chi connectivity index (χ1v) is 8.42. The maximum atomic E-state index is 11.5. The summed E-state index contributed by atoms with van der Waals surface area (Å²) in [5, 5.41) is 11.5. The number of aromatic nitrogens is 2. The van der Waals surface area contributed by atoms with Crippen molar-refractivity contribution in [2.24, 2.45) is 0 Å². The van der Waals surface area contributed by atoms with E-state index in [9.17, 15) is 10.1 Å². The minimum atomic E-state index is -0.367. The Labute approximate surface area is 151 Å². The van der Waals surface area contributed by atoms with Gasteiger partial charge in [0.1, 0.15) is 11.5 Å². The topological polar surface area (TPSA) is 61.0 Å². The molecule has 3 aromatic carbocycles. The lowest BCUT2D eigenvalue weighted by molar-refractivity contribution is -0.384. The zero-order valence-corrected chi connectivity index (χ0v) is 14.6. The molecule has 0 radical (unpaired) electrons. The van der Waals surface area contributed by atoms with E-state index in [1.165, 1.54) is 6.07 Å². The third kappa shape index (κ3) is 2.60. The molecule has 0 bridgehead atoms. The van der Waals surface area contributed by atoms with Crippen molar-refractivity contribution in [1.82, 2.24) is 9.55 Å². The molecule has 4 rings (SSSR count). The Hall–Kier alpha value is -2.99. The minimum absolute atomic E-state index is 0.0407. The standard InChI is InChI=1S/C19H12BrN3O2/c20-14-8-2-1-7-13(14)19-21-15-9-3-4-10-16(15)22(19)17-11-5-6-12-18(17)23(24)25/h1-12H. The molecule has 25 heavy (non-hydrogen) atoms. The summed E-state index contributed by atoms with van der Waals surface area (Å²) in [5.41, 5.74) is 3.01. The summed E-state index contributed by atoms with van der Waals surface area (Å²) in [6.07, 6.45) is 0. The maximum absolute atomic E-state index is 11.5. The molecule has 6 heteroatoms. The fraction of sp³-hybridized carbons (Fsp3) is 0. The van der Waals surface area contributed by atoms with E-state index in [4.69, 9.17) is 4.98 Å². The molecule has 0 saturated heterocycles. The van der Waals surface area contributed by atoms with Crippen LogP contribution in [0.2, 0.25) is 0 Å². The Morgan fingerprint density at radius 2 is 1.60 bits per heavy atom. The summed E-state index contributed by atoms with van der Waals surface area (Å²) in [7, 11) is 0. The Balaban J connectivity index is 2.12. The van der Waals surface area contributed by atoms with Crippen LogP contribution in [0.25, 0.3) is 28.1 Å². The Bertz CT molecular complexity index is 1100. The van der Waals surface area contributed by atoms with Gasteiger partial charge in [-0.15, -0.1) is 0 Å². The molecule has 0 unspecified atom stereocenters. The van der Waals surface area contributed by atoms with Crippen LogP contribution in [0, 0.1) is 10.1 Å². The first-order valence-electron chi connectivity index (χ1n) is 7.63. The van der Waals surface area contributed by atoms with Gasteiger partial charge in [0.2, 0.25) is 0 Å². The van der Waals surface area contributed by atoms with Crippen molar-refractivity contribution in [3.8, 4) is 17.1 Å². The van der Waals surface area contributed by atoms with Crippen LogP contribution in [0.3, 0.4) is 0 Å². The highest BCUT2D eigenvalue weighted by atomic mass is 79.9. The molecule has 0 fully saturated rings. The van der Waals surface area contributed by atoms with Gasteiger partial charge in [0, 0.05) is 16.1 Å².